The summed E-state index contributed by atoms with van der Waals surface area (Å²) < 4.78 is 11.7. The number of nitrogens with zero attached hydrogens (tertiary/aromatic N) is 3. The van der Waals surface area contributed by atoms with Crippen LogP contribution in [0.4, 0.5) is 6.01 Å². The Labute approximate surface area is 178 Å². The zero-order valence-electron chi connectivity index (χ0n) is 17.9. The molecule has 6 nitrogen and oxygen atoms in total. The van der Waals surface area contributed by atoms with Gasteiger partial charge in [0.05, 0.1) is 6.04 Å². The Morgan fingerprint density at radius 1 is 1.23 bits per heavy atom. The van der Waals surface area contributed by atoms with Crippen LogP contribution in [0.3, 0.4) is 0 Å². The van der Waals surface area contributed by atoms with Gasteiger partial charge in [-0.1, -0.05) is 37.2 Å². The van der Waals surface area contributed by atoms with E-state index in [2.05, 4.69) is 47.1 Å². The second kappa shape index (κ2) is 9.45. The van der Waals surface area contributed by atoms with Crippen molar-refractivity contribution in [3.05, 3.63) is 41.7 Å². The number of rotatable bonds is 7. The molecule has 0 radical (unpaired) electrons. The summed E-state index contributed by atoms with van der Waals surface area (Å²) in [5, 5.41) is 4.11. The number of carbonyl (C=O) groups excluding carboxylic acids is 1. The molecule has 2 heterocycles. The highest BCUT2D eigenvalue weighted by molar-refractivity contribution is 5.68. The Morgan fingerprint density at radius 3 is 2.73 bits per heavy atom. The molecule has 1 aromatic heterocycles. The van der Waals surface area contributed by atoms with E-state index in [1.54, 1.807) is 0 Å². The standard InChI is InChI=1S/C24H31N3O3/c1-17(2)23-25-24(30-26-23)27-14-4-3-5-21(27)16-29-22-12-10-20(11-13-22)19-8-6-18(15-28)7-9-19/h8,10-13,15,17-18,21H,3-7,9,14,16H2,1-2H3. The fraction of sp³-hybridized carbons (Fsp3) is 0.542. The van der Waals surface area contributed by atoms with Gasteiger partial charge in [0, 0.05) is 18.4 Å². The van der Waals surface area contributed by atoms with Crippen LogP contribution < -0.4 is 9.64 Å². The van der Waals surface area contributed by atoms with Crippen molar-refractivity contribution in [2.24, 2.45) is 5.92 Å². The summed E-state index contributed by atoms with van der Waals surface area (Å²) in [5.74, 6) is 2.07. The quantitative estimate of drug-likeness (QED) is 0.599. The molecule has 0 spiro atoms. The number of carbonyl (C=O) groups is 1. The van der Waals surface area contributed by atoms with Gasteiger partial charge in [-0.15, -0.1) is 0 Å². The van der Waals surface area contributed by atoms with Crippen LogP contribution in [0.2, 0.25) is 0 Å². The Balaban J connectivity index is 1.37. The van der Waals surface area contributed by atoms with Gasteiger partial charge in [0.1, 0.15) is 18.6 Å². The van der Waals surface area contributed by atoms with Crippen molar-refractivity contribution in [3.8, 4) is 5.75 Å². The molecule has 2 unspecified atom stereocenters. The molecule has 30 heavy (non-hydrogen) atoms. The van der Waals surface area contributed by atoms with E-state index in [0.717, 1.165) is 56.5 Å². The molecule has 0 N–H and O–H groups in total. The van der Waals surface area contributed by atoms with Crippen molar-refractivity contribution in [1.82, 2.24) is 10.1 Å². The number of anilines is 1. The van der Waals surface area contributed by atoms with E-state index in [0.29, 0.717) is 12.6 Å². The van der Waals surface area contributed by atoms with Gasteiger partial charge in [0.15, 0.2) is 5.82 Å². The molecule has 0 bridgehead atoms. The number of hydrogen-bond donors (Lipinski definition) is 0. The minimum absolute atomic E-state index is 0.185. The summed E-state index contributed by atoms with van der Waals surface area (Å²) in [6.07, 6.45) is 9.41. The first-order chi connectivity index (χ1) is 14.6. The summed E-state index contributed by atoms with van der Waals surface area (Å²) in [6, 6.07) is 9.17. The molecule has 1 saturated heterocycles. The Kier molecular flexibility index (Phi) is 6.50. The van der Waals surface area contributed by atoms with Crippen molar-refractivity contribution in [1.29, 1.82) is 0 Å². The van der Waals surface area contributed by atoms with Crippen LogP contribution in [0.1, 0.15) is 69.7 Å². The third kappa shape index (κ3) is 4.74. The molecule has 4 rings (SSSR count). The lowest BCUT2D eigenvalue weighted by atomic mass is 9.87. The maximum Gasteiger partial charge on any atom is 0.324 e. The van der Waals surface area contributed by atoms with Gasteiger partial charge in [0.25, 0.3) is 0 Å². The fourth-order valence-electron chi connectivity index (χ4n) is 4.20. The molecule has 2 atom stereocenters. The van der Waals surface area contributed by atoms with Gasteiger partial charge < -0.3 is 19.0 Å². The summed E-state index contributed by atoms with van der Waals surface area (Å²) in [5.41, 5.74) is 2.55. The number of benzene rings is 1. The van der Waals surface area contributed by atoms with Gasteiger partial charge >= 0.3 is 6.01 Å². The van der Waals surface area contributed by atoms with Gasteiger partial charge in [-0.3, -0.25) is 0 Å². The van der Waals surface area contributed by atoms with Gasteiger partial charge in [-0.25, -0.2) is 0 Å². The van der Waals surface area contributed by atoms with E-state index in [-0.39, 0.29) is 17.9 Å². The predicted octanol–water partition coefficient (Wildman–Crippen LogP) is 5.01. The topological polar surface area (TPSA) is 68.5 Å². The summed E-state index contributed by atoms with van der Waals surface area (Å²) >= 11 is 0. The smallest absolute Gasteiger partial charge is 0.324 e. The van der Waals surface area contributed by atoms with Crippen LogP contribution in [0, 0.1) is 5.92 Å². The third-order valence-corrected chi connectivity index (χ3v) is 6.13. The first-order valence-electron chi connectivity index (χ1n) is 11.1. The highest BCUT2D eigenvalue weighted by Gasteiger charge is 2.28. The Morgan fingerprint density at radius 2 is 2.07 bits per heavy atom. The van der Waals surface area contributed by atoms with Crippen molar-refractivity contribution in [2.75, 3.05) is 18.1 Å². The number of aldehydes is 1. The van der Waals surface area contributed by atoms with Crippen LogP contribution in [-0.2, 0) is 4.79 Å². The number of ether oxygens (including phenoxy) is 1. The number of allylic oxidation sites excluding steroid dienone is 2. The number of piperidine rings is 1. The zero-order chi connectivity index (χ0) is 20.9. The number of aromatic nitrogens is 2. The molecule has 160 valence electrons. The fourth-order valence-corrected chi connectivity index (χ4v) is 4.20. The van der Waals surface area contributed by atoms with Crippen LogP contribution >= 0.6 is 0 Å². The lowest BCUT2D eigenvalue weighted by molar-refractivity contribution is -0.111. The molecule has 0 saturated carbocycles. The molecule has 1 fully saturated rings. The maximum atomic E-state index is 10.9. The summed E-state index contributed by atoms with van der Waals surface area (Å²) in [6.45, 7) is 5.66. The molecular weight excluding hydrogens is 378 g/mol. The number of hydrogen-bond acceptors (Lipinski definition) is 6. The van der Waals surface area contributed by atoms with E-state index in [9.17, 15) is 4.79 Å². The predicted molar refractivity (Wildman–Crippen MR) is 117 cm³/mol. The van der Waals surface area contributed by atoms with Crippen LogP contribution in [0.5, 0.6) is 5.75 Å². The van der Waals surface area contributed by atoms with Gasteiger partial charge in [0.2, 0.25) is 0 Å². The molecular formula is C24H31N3O3. The Hall–Kier alpha value is -2.63. The monoisotopic (exact) mass is 409 g/mol. The molecule has 2 aromatic rings. The van der Waals surface area contributed by atoms with E-state index in [1.807, 2.05) is 12.1 Å². The second-order valence-corrected chi connectivity index (χ2v) is 8.67. The SMILES string of the molecule is CC(C)c1noc(N2CCCCC2COc2ccc(C3=CCC(C=O)CC3)cc2)n1. The third-order valence-electron chi connectivity index (χ3n) is 6.13. The van der Waals surface area contributed by atoms with E-state index >= 15 is 0 Å². The minimum atomic E-state index is 0.185. The molecule has 1 aromatic carbocycles. The van der Waals surface area contributed by atoms with Crippen LogP contribution in [0.15, 0.2) is 34.9 Å². The average molecular weight is 410 g/mol. The average Bonchev–Trinajstić information content (AvgIpc) is 3.29. The zero-order valence-corrected chi connectivity index (χ0v) is 17.9. The van der Waals surface area contributed by atoms with Gasteiger partial charge in [-0.05, 0) is 61.8 Å². The highest BCUT2D eigenvalue weighted by atomic mass is 16.5. The van der Waals surface area contributed by atoms with E-state index in [1.165, 1.54) is 17.6 Å². The normalized spacial score (nSPS) is 22.1. The highest BCUT2D eigenvalue weighted by Crippen LogP contribution is 2.31. The molecule has 2 aliphatic rings. The lowest BCUT2D eigenvalue weighted by Gasteiger charge is -2.33. The summed E-state index contributed by atoms with van der Waals surface area (Å²) in [7, 11) is 0. The van der Waals surface area contributed by atoms with Crippen molar-refractivity contribution in [3.63, 3.8) is 0 Å². The molecule has 0 amide bonds. The first kappa shape index (κ1) is 20.6. The van der Waals surface area contributed by atoms with Gasteiger partial charge in [-0.2, -0.15) is 4.98 Å². The largest absolute Gasteiger partial charge is 0.491 e. The van der Waals surface area contributed by atoms with Crippen molar-refractivity contribution in [2.45, 2.75) is 64.3 Å². The Bertz CT molecular complexity index is 872. The maximum absolute atomic E-state index is 10.9. The van der Waals surface area contributed by atoms with Crippen molar-refractivity contribution < 1.29 is 14.1 Å². The van der Waals surface area contributed by atoms with E-state index < -0.39 is 0 Å². The van der Waals surface area contributed by atoms with Crippen molar-refractivity contribution >= 4 is 17.9 Å². The first-order valence-corrected chi connectivity index (χ1v) is 11.1. The summed E-state index contributed by atoms with van der Waals surface area (Å²) in [4.78, 5) is 17.7. The van der Waals surface area contributed by atoms with Crippen LogP contribution in [-0.4, -0.2) is 35.6 Å². The second-order valence-electron chi connectivity index (χ2n) is 8.67. The molecule has 1 aliphatic heterocycles. The molecule has 1 aliphatic carbocycles. The lowest BCUT2D eigenvalue weighted by Crippen LogP contribution is -2.43. The minimum Gasteiger partial charge on any atom is -0.491 e. The molecule has 6 heteroatoms. The van der Waals surface area contributed by atoms with E-state index in [4.69, 9.17) is 9.26 Å². The van der Waals surface area contributed by atoms with Crippen LogP contribution in [0.25, 0.3) is 5.57 Å².